The zero-order valence-corrected chi connectivity index (χ0v) is 6.72. The number of rotatable bonds is 2. The lowest BCUT2D eigenvalue weighted by molar-refractivity contribution is 0.146. The molecule has 12 heavy (non-hydrogen) atoms. The van der Waals surface area contributed by atoms with E-state index in [9.17, 15) is 8.78 Å². The molecule has 0 N–H and O–H groups in total. The molecule has 1 aromatic rings. The van der Waals surface area contributed by atoms with Crippen LogP contribution in [0.25, 0.3) is 5.57 Å². The SMILES string of the molecule is C=C(C)c1ccnc(C(F)F)c1. The van der Waals surface area contributed by atoms with Gasteiger partial charge in [-0.1, -0.05) is 12.2 Å². The van der Waals surface area contributed by atoms with Crippen LogP contribution in [0.15, 0.2) is 24.9 Å². The third-order valence-electron chi connectivity index (χ3n) is 1.50. The Morgan fingerprint density at radius 2 is 2.25 bits per heavy atom. The van der Waals surface area contributed by atoms with Crippen molar-refractivity contribution in [1.29, 1.82) is 0 Å². The van der Waals surface area contributed by atoms with Crippen LogP contribution in [0.4, 0.5) is 8.78 Å². The van der Waals surface area contributed by atoms with Crippen LogP contribution in [0.2, 0.25) is 0 Å². The molecule has 3 heteroatoms. The van der Waals surface area contributed by atoms with E-state index in [1.807, 2.05) is 0 Å². The first-order valence-electron chi connectivity index (χ1n) is 3.51. The summed E-state index contributed by atoms with van der Waals surface area (Å²) >= 11 is 0. The monoisotopic (exact) mass is 169 g/mol. The average Bonchev–Trinajstić information content (AvgIpc) is 2.04. The van der Waals surface area contributed by atoms with Gasteiger partial charge in [0.15, 0.2) is 0 Å². The molecule has 64 valence electrons. The highest BCUT2D eigenvalue weighted by Crippen LogP contribution is 2.19. The second kappa shape index (κ2) is 3.43. The van der Waals surface area contributed by atoms with Crippen molar-refractivity contribution in [3.63, 3.8) is 0 Å². The number of hydrogen-bond donors (Lipinski definition) is 0. The second-order valence-electron chi connectivity index (χ2n) is 2.55. The zero-order chi connectivity index (χ0) is 9.14. The molecule has 1 nitrogen and oxygen atoms in total. The van der Waals surface area contributed by atoms with Crippen molar-refractivity contribution in [1.82, 2.24) is 4.98 Å². The fraction of sp³-hybridized carbons (Fsp3) is 0.222. The molecule has 0 fully saturated rings. The summed E-state index contributed by atoms with van der Waals surface area (Å²) in [4.78, 5) is 3.53. The topological polar surface area (TPSA) is 12.9 Å². The van der Waals surface area contributed by atoms with Crippen molar-refractivity contribution in [2.75, 3.05) is 0 Å². The summed E-state index contributed by atoms with van der Waals surface area (Å²) in [5, 5.41) is 0. The maximum absolute atomic E-state index is 12.1. The lowest BCUT2D eigenvalue weighted by Gasteiger charge is -2.01. The maximum atomic E-state index is 12.1. The van der Waals surface area contributed by atoms with Gasteiger partial charge in [-0.2, -0.15) is 0 Å². The fourth-order valence-corrected chi connectivity index (χ4v) is 0.833. The highest BCUT2D eigenvalue weighted by Gasteiger charge is 2.08. The molecule has 0 radical (unpaired) electrons. The van der Waals surface area contributed by atoms with Gasteiger partial charge in [-0.3, -0.25) is 4.98 Å². The molecule has 0 atom stereocenters. The Kier molecular flexibility index (Phi) is 2.53. The number of aromatic nitrogens is 1. The van der Waals surface area contributed by atoms with E-state index in [4.69, 9.17) is 0 Å². The molecule has 0 aromatic carbocycles. The molecular formula is C9H9F2N. The van der Waals surface area contributed by atoms with Crippen LogP contribution in [-0.2, 0) is 0 Å². The highest BCUT2D eigenvalue weighted by atomic mass is 19.3. The van der Waals surface area contributed by atoms with Crippen LogP contribution in [-0.4, -0.2) is 4.98 Å². The van der Waals surface area contributed by atoms with Crippen LogP contribution in [0.1, 0.15) is 24.6 Å². The Bertz CT molecular complexity index is 294. The minimum atomic E-state index is -2.51. The summed E-state index contributed by atoms with van der Waals surface area (Å²) in [6.07, 6.45) is -1.14. The van der Waals surface area contributed by atoms with Gasteiger partial charge in [0.1, 0.15) is 5.69 Å². The molecule has 0 saturated heterocycles. The lowest BCUT2D eigenvalue weighted by Crippen LogP contribution is -1.90. The van der Waals surface area contributed by atoms with Crippen molar-refractivity contribution in [2.45, 2.75) is 13.3 Å². The van der Waals surface area contributed by atoms with Crippen LogP contribution >= 0.6 is 0 Å². The normalized spacial score (nSPS) is 10.3. The molecule has 0 amide bonds. The van der Waals surface area contributed by atoms with Crippen molar-refractivity contribution in [2.24, 2.45) is 0 Å². The van der Waals surface area contributed by atoms with Crippen LogP contribution in [0.3, 0.4) is 0 Å². The zero-order valence-electron chi connectivity index (χ0n) is 6.72. The molecule has 0 unspecified atom stereocenters. The van der Waals surface area contributed by atoms with Crippen molar-refractivity contribution in [3.8, 4) is 0 Å². The van der Waals surface area contributed by atoms with Crippen LogP contribution in [0.5, 0.6) is 0 Å². The molecule has 0 bridgehead atoms. The highest BCUT2D eigenvalue weighted by molar-refractivity contribution is 5.61. The van der Waals surface area contributed by atoms with E-state index in [2.05, 4.69) is 11.6 Å². The number of nitrogens with zero attached hydrogens (tertiary/aromatic N) is 1. The number of hydrogen-bond acceptors (Lipinski definition) is 1. The number of alkyl halides is 2. The quantitative estimate of drug-likeness (QED) is 0.663. The molecule has 0 aliphatic heterocycles. The molecule has 1 rings (SSSR count). The molecule has 1 aromatic heterocycles. The van der Waals surface area contributed by atoms with Crippen LogP contribution in [0, 0.1) is 0 Å². The first-order chi connectivity index (χ1) is 5.61. The first kappa shape index (κ1) is 8.84. The first-order valence-corrected chi connectivity index (χ1v) is 3.51. The van der Waals surface area contributed by atoms with Crippen molar-refractivity contribution < 1.29 is 8.78 Å². The van der Waals surface area contributed by atoms with Gasteiger partial charge in [0.05, 0.1) is 0 Å². The summed E-state index contributed by atoms with van der Waals surface area (Å²) in [6, 6.07) is 3.02. The van der Waals surface area contributed by atoms with E-state index < -0.39 is 6.43 Å². The standard InChI is InChI=1S/C9H9F2N/c1-6(2)7-3-4-12-8(5-7)9(10)11/h3-5,9H,1H2,2H3. The van der Waals surface area contributed by atoms with E-state index >= 15 is 0 Å². The smallest absolute Gasteiger partial charge is 0.255 e. The Balaban J connectivity index is 3.04. The van der Waals surface area contributed by atoms with E-state index in [0.29, 0.717) is 5.56 Å². The predicted octanol–water partition coefficient (Wildman–Crippen LogP) is 3.05. The predicted molar refractivity (Wildman–Crippen MR) is 43.9 cm³/mol. The third-order valence-corrected chi connectivity index (χ3v) is 1.50. The van der Waals surface area contributed by atoms with Crippen molar-refractivity contribution in [3.05, 3.63) is 36.2 Å². The number of pyridine rings is 1. The van der Waals surface area contributed by atoms with E-state index in [-0.39, 0.29) is 5.69 Å². The molecule has 0 aliphatic carbocycles. The van der Waals surface area contributed by atoms with Gasteiger partial charge in [0, 0.05) is 6.20 Å². The molecular weight excluding hydrogens is 160 g/mol. The molecule has 0 saturated carbocycles. The minimum Gasteiger partial charge on any atom is -0.255 e. The summed E-state index contributed by atoms with van der Waals surface area (Å²) in [5.41, 5.74) is 1.27. The van der Waals surface area contributed by atoms with Gasteiger partial charge in [0.2, 0.25) is 0 Å². The van der Waals surface area contributed by atoms with Gasteiger partial charge in [-0.05, 0) is 24.6 Å². The van der Waals surface area contributed by atoms with Crippen molar-refractivity contribution >= 4 is 5.57 Å². The van der Waals surface area contributed by atoms with Crippen LogP contribution < -0.4 is 0 Å². The molecule has 0 aliphatic rings. The van der Waals surface area contributed by atoms with E-state index in [1.165, 1.54) is 12.3 Å². The van der Waals surface area contributed by atoms with Gasteiger partial charge in [-0.15, -0.1) is 0 Å². The van der Waals surface area contributed by atoms with E-state index in [0.717, 1.165) is 5.57 Å². The Hall–Kier alpha value is -1.25. The van der Waals surface area contributed by atoms with Gasteiger partial charge >= 0.3 is 0 Å². The lowest BCUT2D eigenvalue weighted by atomic mass is 10.1. The average molecular weight is 169 g/mol. The second-order valence-corrected chi connectivity index (χ2v) is 2.55. The van der Waals surface area contributed by atoms with Gasteiger partial charge in [-0.25, -0.2) is 8.78 Å². The maximum Gasteiger partial charge on any atom is 0.280 e. The summed E-state index contributed by atoms with van der Waals surface area (Å²) in [5.74, 6) is 0. The van der Waals surface area contributed by atoms with Gasteiger partial charge < -0.3 is 0 Å². The minimum absolute atomic E-state index is 0.199. The Labute approximate surface area is 69.8 Å². The Morgan fingerprint density at radius 3 is 2.75 bits per heavy atom. The molecule has 0 spiro atoms. The van der Waals surface area contributed by atoms with Gasteiger partial charge in [0.25, 0.3) is 6.43 Å². The summed E-state index contributed by atoms with van der Waals surface area (Å²) in [7, 11) is 0. The Morgan fingerprint density at radius 1 is 1.58 bits per heavy atom. The number of halogens is 2. The molecule has 1 heterocycles. The summed E-state index contributed by atoms with van der Waals surface area (Å²) < 4.78 is 24.2. The fourth-order valence-electron chi connectivity index (χ4n) is 0.833. The largest absolute Gasteiger partial charge is 0.280 e. The third kappa shape index (κ3) is 1.87. The number of allylic oxidation sites excluding steroid dienone is 1. The van der Waals surface area contributed by atoms with E-state index in [1.54, 1.807) is 13.0 Å². The summed E-state index contributed by atoms with van der Waals surface area (Å²) in [6.45, 7) is 5.42.